The summed E-state index contributed by atoms with van der Waals surface area (Å²) in [5, 5.41) is 14.1. The van der Waals surface area contributed by atoms with E-state index in [1.807, 2.05) is 48.5 Å². The van der Waals surface area contributed by atoms with Gasteiger partial charge in [-0.15, -0.1) is 0 Å². The van der Waals surface area contributed by atoms with Crippen molar-refractivity contribution in [2.75, 3.05) is 6.54 Å². The van der Waals surface area contributed by atoms with Gasteiger partial charge >= 0.3 is 0 Å². The molecule has 1 N–H and O–H groups in total. The van der Waals surface area contributed by atoms with Crippen molar-refractivity contribution in [3.63, 3.8) is 0 Å². The molecule has 0 spiro atoms. The fraction of sp³-hybridized carbons (Fsp3) is 0.222. The number of hydroxylamine groups is 2. The molecule has 4 rings (SSSR count). The van der Waals surface area contributed by atoms with Crippen LogP contribution in [0.1, 0.15) is 18.4 Å². The molecule has 0 atom stereocenters. The first-order valence-corrected chi connectivity index (χ1v) is 8.05. The van der Waals surface area contributed by atoms with Gasteiger partial charge in [0.15, 0.2) is 0 Å². The van der Waals surface area contributed by atoms with Crippen molar-refractivity contribution in [1.29, 1.82) is 0 Å². The van der Waals surface area contributed by atoms with Crippen molar-refractivity contribution in [2.45, 2.75) is 18.9 Å². The van der Waals surface area contributed by atoms with Gasteiger partial charge in [-0.1, -0.05) is 41.9 Å². The van der Waals surface area contributed by atoms with Gasteiger partial charge < -0.3 is 0 Å². The first kappa shape index (κ1) is 14.4. The molecular formula is C18H16ClN3O. The van der Waals surface area contributed by atoms with E-state index in [4.69, 9.17) is 11.6 Å². The molecule has 1 heterocycles. The monoisotopic (exact) mass is 325 g/mol. The lowest BCUT2D eigenvalue weighted by atomic mass is 10.1. The molecule has 0 unspecified atom stereocenters. The Morgan fingerprint density at radius 2 is 1.91 bits per heavy atom. The van der Waals surface area contributed by atoms with Gasteiger partial charge in [-0.05, 0) is 31.0 Å². The third-order valence-corrected chi connectivity index (χ3v) is 4.17. The number of aliphatic imine (C=N–C) groups is 1. The summed E-state index contributed by atoms with van der Waals surface area (Å²) in [5.41, 5.74) is 1.62. The van der Waals surface area contributed by atoms with E-state index in [2.05, 4.69) is 9.98 Å². The molecule has 1 aliphatic heterocycles. The molecular weight excluding hydrogens is 310 g/mol. The van der Waals surface area contributed by atoms with Crippen LogP contribution in [0.2, 0.25) is 5.02 Å². The first-order valence-electron chi connectivity index (χ1n) is 7.68. The minimum Gasteiger partial charge on any atom is -0.288 e. The molecule has 0 aromatic heterocycles. The van der Waals surface area contributed by atoms with Crippen LogP contribution in [-0.2, 0) is 0 Å². The Hall–Kier alpha value is -2.17. The second-order valence-corrected chi connectivity index (χ2v) is 6.26. The van der Waals surface area contributed by atoms with Gasteiger partial charge in [-0.25, -0.2) is 10.1 Å². The standard InChI is InChI=1S/C18H16ClN3O/c19-13-6-9-16-15(10-13)18(12-4-2-1-3-5-12)22(23)11-17(21-16)20-14-7-8-14/h1-6,9-10,14,23H,7-8,11H2. The summed E-state index contributed by atoms with van der Waals surface area (Å²) in [6, 6.07) is 15.7. The van der Waals surface area contributed by atoms with Crippen LogP contribution in [0, 0.1) is 0 Å². The number of amidine groups is 1. The number of hydrogen-bond donors (Lipinski definition) is 1. The summed E-state index contributed by atoms with van der Waals surface area (Å²) >= 11 is 6.18. The van der Waals surface area contributed by atoms with E-state index < -0.39 is 0 Å². The third-order valence-electron chi connectivity index (χ3n) is 3.94. The zero-order valence-electron chi connectivity index (χ0n) is 12.5. The molecule has 0 bridgehead atoms. The highest BCUT2D eigenvalue weighted by Crippen LogP contribution is 2.24. The van der Waals surface area contributed by atoms with E-state index in [9.17, 15) is 5.21 Å². The summed E-state index contributed by atoms with van der Waals surface area (Å²) in [6.07, 6.45) is 2.21. The number of rotatable bonds is 2. The second-order valence-electron chi connectivity index (χ2n) is 5.82. The molecule has 23 heavy (non-hydrogen) atoms. The Labute approximate surface area is 139 Å². The fourth-order valence-electron chi connectivity index (χ4n) is 2.71. The van der Waals surface area contributed by atoms with E-state index in [0.717, 1.165) is 29.0 Å². The van der Waals surface area contributed by atoms with Gasteiger partial charge in [-0.3, -0.25) is 10.2 Å². The summed E-state index contributed by atoms with van der Waals surface area (Å²) in [7, 11) is 0. The SMILES string of the molecule is ON1CC(=NC2CC2)N=c2ccc(Cl)cc2=C1c1ccccc1. The highest BCUT2D eigenvalue weighted by atomic mass is 35.5. The lowest BCUT2D eigenvalue weighted by Crippen LogP contribution is -2.31. The quantitative estimate of drug-likeness (QED) is 0.921. The summed E-state index contributed by atoms with van der Waals surface area (Å²) < 4.78 is 0. The first-order chi connectivity index (χ1) is 11.2. The topological polar surface area (TPSA) is 48.2 Å². The molecule has 1 fully saturated rings. The van der Waals surface area contributed by atoms with Gasteiger partial charge in [0, 0.05) is 15.8 Å². The van der Waals surface area contributed by atoms with E-state index in [-0.39, 0.29) is 6.54 Å². The highest BCUT2D eigenvalue weighted by Gasteiger charge is 2.23. The van der Waals surface area contributed by atoms with Crippen LogP contribution in [0.3, 0.4) is 0 Å². The van der Waals surface area contributed by atoms with Crippen LogP contribution in [-0.4, -0.2) is 28.7 Å². The number of nitrogens with zero attached hydrogens (tertiary/aromatic N) is 3. The Morgan fingerprint density at radius 3 is 2.65 bits per heavy atom. The molecule has 0 radical (unpaired) electrons. The third kappa shape index (κ3) is 3.00. The largest absolute Gasteiger partial charge is 0.288 e. The number of benzene rings is 2. The van der Waals surface area contributed by atoms with Crippen LogP contribution in [0.5, 0.6) is 0 Å². The van der Waals surface area contributed by atoms with Crippen LogP contribution in [0.25, 0.3) is 5.70 Å². The Balaban J connectivity index is 2.00. The number of halogens is 1. The molecule has 1 aliphatic carbocycles. The van der Waals surface area contributed by atoms with Crippen molar-refractivity contribution < 1.29 is 5.21 Å². The summed E-state index contributed by atoms with van der Waals surface area (Å²) in [5.74, 6) is 0.657. The highest BCUT2D eigenvalue weighted by molar-refractivity contribution is 6.30. The minimum atomic E-state index is 0.271. The predicted octanol–water partition coefficient (Wildman–Crippen LogP) is 2.38. The Kier molecular flexibility index (Phi) is 3.63. The summed E-state index contributed by atoms with van der Waals surface area (Å²) in [4.78, 5) is 9.26. The van der Waals surface area contributed by atoms with Crippen molar-refractivity contribution in [2.24, 2.45) is 9.98 Å². The molecule has 4 nitrogen and oxygen atoms in total. The molecule has 5 heteroatoms. The number of hydrogen-bond acceptors (Lipinski definition) is 3. The van der Waals surface area contributed by atoms with E-state index in [0.29, 0.717) is 22.6 Å². The van der Waals surface area contributed by atoms with E-state index in [1.54, 1.807) is 0 Å². The lowest BCUT2D eigenvalue weighted by molar-refractivity contribution is -0.0120. The van der Waals surface area contributed by atoms with Crippen molar-refractivity contribution in [3.05, 3.63) is 69.7 Å². The van der Waals surface area contributed by atoms with E-state index >= 15 is 0 Å². The van der Waals surface area contributed by atoms with Crippen molar-refractivity contribution >= 4 is 23.1 Å². The minimum absolute atomic E-state index is 0.271. The molecule has 0 amide bonds. The predicted molar refractivity (Wildman–Crippen MR) is 90.1 cm³/mol. The van der Waals surface area contributed by atoms with Gasteiger partial charge in [0.1, 0.15) is 12.4 Å². The van der Waals surface area contributed by atoms with E-state index in [1.165, 1.54) is 5.06 Å². The summed E-state index contributed by atoms with van der Waals surface area (Å²) in [6.45, 7) is 0.271. The van der Waals surface area contributed by atoms with Gasteiger partial charge in [0.25, 0.3) is 0 Å². The zero-order valence-corrected chi connectivity index (χ0v) is 13.2. The Bertz CT molecular complexity index is 888. The van der Waals surface area contributed by atoms with Gasteiger partial charge in [0.05, 0.1) is 17.1 Å². The second kappa shape index (κ2) is 5.80. The zero-order chi connectivity index (χ0) is 15.8. The average Bonchev–Trinajstić information content (AvgIpc) is 3.35. The maximum absolute atomic E-state index is 10.7. The molecule has 1 saturated carbocycles. The molecule has 2 aromatic rings. The van der Waals surface area contributed by atoms with Crippen LogP contribution in [0.15, 0.2) is 58.5 Å². The van der Waals surface area contributed by atoms with Gasteiger partial charge in [0.2, 0.25) is 0 Å². The average molecular weight is 326 g/mol. The number of fused-ring (bicyclic) bond motifs is 1. The van der Waals surface area contributed by atoms with Crippen LogP contribution >= 0.6 is 11.6 Å². The van der Waals surface area contributed by atoms with Crippen molar-refractivity contribution in [3.8, 4) is 0 Å². The lowest BCUT2D eigenvalue weighted by Gasteiger charge is -2.19. The maximum Gasteiger partial charge on any atom is 0.146 e. The molecule has 0 saturated heterocycles. The smallest absolute Gasteiger partial charge is 0.146 e. The molecule has 116 valence electrons. The normalized spacial score (nSPS) is 19.3. The van der Waals surface area contributed by atoms with Crippen LogP contribution in [0.4, 0.5) is 0 Å². The van der Waals surface area contributed by atoms with Crippen LogP contribution < -0.4 is 10.6 Å². The molecule has 2 aliphatic rings. The van der Waals surface area contributed by atoms with Crippen molar-refractivity contribution in [1.82, 2.24) is 5.06 Å². The van der Waals surface area contributed by atoms with Gasteiger partial charge in [-0.2, -0.15) is 0 Å². The molecule has 2 aromatic carbocycles. The maximum atomic E-state index is 10.7. The fourth-order valence-corrected chi connectivity index (χ4v) is 2.88. The Morgan fingerprint density at radius 1 is 1.13 bits per heavy atom.